The van der Waals surface area contributed by atoms with E-state index in [2.05, 4.69) is 25.2 Å². The SMILES string of the molecule is COC(=O)C1=C(C)NC(CC(C)C)=C(C#N)C1c1ccc(C)cc1. The van der Waals surface area contributed by atoms with Crippen LogP contribution in [0.1, 0.15) is 44.2 Å². The average molecular weight is 324 g/mol. The third kappa shape index (κ3) is 3.51. The quantitative estimate of drug-likeness (QED) is 0.852. The Morgan fingerprint density at radius 3 is 2.42 bits per heavy atom. The number of benzene rings is 1. The highest BCUT2D eigenvalue weighted by Gasteiger charge is 2.34. The van der Waals surface area contributed by atoms with E-state index in [0.717, 1.165) is 28.9 Å². The van der Waals surface area contributed by atoms with Crippen molar-refractivity contribution in [1.29, 1.82) is 5.26 Å². The van der Waals surface area contributed by atoms with Crippen molar-refractivity contribution in [2.24, 2.45) is 5.92 Å². The second-order valence-corrected chi connectivity index (χ2v) is 6.60. The van der Waals surface area contributed by atoms with E-state index in [-0.39, 0.29) is 0 Å². The van der Waals surface area contributed by atoms with Crippen molar-refractivity contribution in [2.75, 3.05) is 7.11 Å². The van der Waals surface area contributed by atoms with Gasteiger partial charge in [0.2, 0.25) is 0 Å². The first-order valence-electron chi connectivity index (χ1n) is 8.14. The zero-order chi connectivity index (χ0) is 17.9. The van der Waals surface area contributed by atoms with Crippen LogP contribution in [0.2, 0.25) is 0 Å². The summed E-state index contributed by atoms with van der Waals surface area (Å²) in [5.74, 6) is -0.387. The van der Waals surface area contributed by atoms with Gasteiger partial charge >= 0.3 is 5.97 Å². The van der Waals surface area contributed by atoms with E-state index in [1.807, 2.05) is 38.1 Å². The zero-order valence-electron chi connectivity index (χ0n) is 14.9. The molecule has 0 aliphatic carbocycles. The second kappa shape index (κ2) is 7.35. The lowest BCUT2D eigenvalue weighted by Crippen LogP contribution is -2.29. The summed E-state index contributed by atoms with van der Waals surface area (Å²) in [4.78, 5) is 12.4. The highest BCUT2D eigenvalue weighted by Crippen LogP contribution is 2.39. The van der Waals surface area contributed by atoms with Crippen molar-refractivity contribution >= 4 is 5.97 Å². The summed E-state index contributed by atoms with van der Waals surface area (Å²) < 4.78 is 4.98. The molecule has 0 aromatic heterocycles. The van der Waals surface area contributed by atoms with Crippen LogP contribution in [0, 0.1) is 24.2 Å². The Balaban J connectivity index is 2.64. The molecule has 1 unspecified atom stereocenters. The van der Waals surface area contributed by atoms with Crippen LogP contribution >= 0.6 is 0 Å². The Morgan fingerprint density at radius 1 is 1.29 bits per heavy atom. The number of nitriles is 1. The number of hydrogen-bond donors (Lipinski definition) is 1. The Hall–Kier alpha value is -2.54. The minimum atomic E-state index is -0.401. The van der Waals surface area contributed by atoms with Gasteiger partial charge in [-0.3, -0.25) is 0 Å². The number of esters is 1. The first-order chi connectivity index (χ1) is 11.4. The second-order valence-electron chi connectivity index (χ2n) is 6.60. The molecule has 0 radical (unpaired) electrons. The minimum Gasteiger partial charge on any atom is -0.466 e. The van der Waals surface area contributed by atoms with E-state index in [1.54, 1.807) is 0 Å². The topological polar surface area (TPSA) is 62.1 Å². The lowest BCUT2D eigenvalue weighted by Gasteiger charge is -2.30. The normalized spacial score (nSPS) is 17.6. The van der Waals surface area contributed by atoms with Crippen molar-refractivity contribution in [3.8, 4) is 6.07 Å². The largest absolute Gasteiger partial charge is 0.466 e. The van der Waals surface area contributed by atoms with Gasteiger partial charge in [0.05, 0.1) is 30.2 Å². The van der Waals surface area contributed by atoms with Crippen molar-refractivity contribution < 1.29 is 9.53 Å². The molecule has 1 aromatic carbocycles. The molecule has 0 saturated carbocycles. The zero-order valence-corrected chi connectivity index (χ0v) is 14.9. The van der Waals surface area contributed by atoms with Crippen LogP contribution in [0.5, 0.6) is 0 Å². The number of aryl methyl sites for hydroxylation is 1. The van der Waals surface area contributed by atoms with Crippen LogP contribution in [0.3, 0.4) is 0 Å². The molecular weight excluding hydrogens is 300 g/mol. The van der Waals surface area contributed by atoms with Gasteiger partial charge in [-0.2, -0.15) is 5.26 Å². The molecule has 1 atom stereocenters. The molecule has 1 heterocycles. The van der Waals surface area contributed by atoms with Crippen LogP contribution in [0.25, 0.3) is 0 Å². The molecule has 0 spiro atoms. The van der Waals surface area contributed by atoms with E-state index in [9.17, 15) is 10.1 Å². The summed E-state index contributed by atoms with van der Waals surface area (Å²) >= 11 is 0. The van der Waals surface area contributed by atoms with Gasteiger partial charge in [0, 0.05) is 11.4 Å². The summed E-state index contributed by atoms with van der Waals surface area (Å²) in [6.45, 7) is 8.10. The molecule has 2 rings (SSSR count). The molecule has 0 saturated heterocycles. The summed E-state index contributed by atoms with van der Waals surface area (Å²) in [6.07, 6.45) is 0.761. The molecular formula is C20H24N2O2. The molecule has 0 fully saturated rings. The van der Waals surface area contributed by atoms with E-state index < -0.39 is 11.9 Å². The summed E-state index contributed by atoms with van der Waals surface area (Å²) in [6, 6.07) is 10.3. The number of rotatable bonds is 4. The smallest absolute Gasteiger partial charge is 0.336 e. The van der Waals surface area contributed by atoms with Gasteiger partial charge in [0.25, 0.3) is 0 Å². The molecule has 126 valence electrons. The molecule has 4 nitrogen and oxygen atoms in total. The molecule has 24 heavy (non-hydrogen) atoms. The number of carbonyl (C=O) groups is 1. The Labute approximate surface area is 143 Å². The predicted octanol–water partition coefficient (Wildman–Crippen LogP) is 3.95. The van der Waals surface area contributed by atoms with Crippen LogP contribution in [-0.2, 0) is 9.53 Å². The summed E-state index contributed by atoms with van der Waals surface area (Å²) in [5.41, 5.74) is 4.81. The Kier molecular flexibility index (Phi) is 5.46. The number of nitrogens with zero attached hydrogens (tertiary/aromatic N) is 1. The minimum absolute atomic E-state index is 0.391. The molecule has 4 heteroatoms. The number of hydrogen-bond acceptors (Lipinski definition) is 4. The maximum Gasteiger partial charge on any atom is 0.336 e. The van der Waals surface area contributed by atoms with E-state index in [4.69, 9.17) is 4.74 Å². The first-order valence-corrected chi connectivity index (χ1v) is 8.14. The number of methoxy groups -OCH3 is 1. The van der Waals surface area contributed by atoms with E-state index in [1.165, 1.54) is 7.11 Å². The fraction of sp³-hybridized carbons (Fsp3) is 0.400. The molecule has 1 aliphatic heterocycles. The van der Waals surface area contributed by atoms with Gasteiger partial charge < -0.3 is 10.1 Å². The van der Waals surface area contributed by atoms with Gasteiger partial charge in [-0.1, -0.05) is 43.7 Å². The van der Waals surface area contributed by atoms with Gasteiger partial charge in [-0.15, -0.1) is 0 Å². The maximum atomic E-state index is 12.4. The van der Waals surface area contributed by atoms with Crippen molar-refractivity contribution in [2.45, 2.75) is 40.0 Å². The lowest BCUT2D eigenvalue weighted by molar-refractivity contribution is -0.136. The maximum absolute atomic E-state index is 12.4. The van der Waals surface area contributed by atoms with Crippen LogP contribution in [0.15, 0.2) is 46.8 Å². The number of nitrogens with one attached hydrogen (secondary N) is 1. The molecule has 1 aliphatic rings. The van der Waals surface area contributed by atoms with Crippen LogP contribution in [0.4, 0.5) is 0 Å². The Bertz CT molecular complexity index is 734. The molecule has 1 N–H and O–H groups in total. The average Bonchev–Trinajstić information content (AvgIpc) is 2.54. The third-order valence-corrected chi connectivity index (χ3v) is 4.19. The van der Waals surface area contributed by atoms with Gasteiger partial charge in [0.15, 0.2) is 0 Å². The standard InChI is InChI=1S/C20H24N2O2/c1-12(2)10-17-16(11-21)19(15-8-6-13(3)7-9-15)18(14(4)22-17)20(23)24-5/h6-9,12,19,22H,10H2,1-5H3. The first kappa shape index (κ1) is 17.8. The summed E-state index contributed by atoms with van der Waals surface area (Å²) in [7, 11) is 1.37. The fourth-order valence-corrected chi connectivity index (χ4v) is 3.07. The van der Waals surface area contributed by atoms with Crippen molar-refractivity contribution in [1.82, 2.24) is 5.32 Å². The molecule has 1 aromatic rings. The third-order valence-electron chi connectivity index (χ3n) is 4.19. The van der Waals surface area contributed by atoms with Gasteiger partial charge in [0.1, 0.15) is 0 Å². The van der Waals surface area contributed by atoms with Gasteiger partial charge in [-0.05, 0) is 31.7 Å². The van der Waals surface area contributed by atoms with Crippen molar-refractivity contribution in [3.05, 3.63) is 57.9 Å². The predicted molar refractivity (Wildman–Crippen MR) is 93.9 cm³/mol. The monoisotopic (exact) mass is 324 g/mol. The van der Waals surface area contributed by atoms with Gasteiger partial charge in [-0.25, -0.2) is 4.79 Å². The van der Waals surface area contributed by atoms with E-state index in [0.29, 0.717) is 17.1 Å². The van der Waals surface area contributed by atoms with E-state index >= 15 is 0 Å². The van der Waals surface area contributed by atoms with Crippen LogP contribution < -0.4 is 5.32 Å². The number of carbonyl (C=O) groups excluding carboxylic acids is 1. The number of dihydropyridines is 1. The summed E-state index contributed by atoms with van der Waals surface area (Å²) in [5, 5.41) is 13.1. The highest BCUT2D eigenvalue weighted by atomic mass is 16.5. The number of ether oxygens (including phenoxy) is 1. The Morgan fingerprint density at radius 2 is 1.92 bits per heavy atom. The highest BCUT2D eigenvalue weighted by molar-refractivity contribution is 5.93. The van der Waals surface area contributed by atoms with Crippen molar-refractivity contribution in [3.63, 3.8) is 0 Å². The van der Waals surface area contributed by atoms with Crippen LogP contribution in [-0.4, -0.2) is 13.1 Å². The number of allylic oxidation sites excluding steroid dienone is 3. The molecule has 0 amide bonds. The molecule has 0 bridgehead atoms. The lowest BCUT2D eigenvalue weighted by atomic mass is 9.79. The fourth-order valence-electron chi connectivity index (χ4n) is 3.07.